The van der Waals surface area contributed by atoms with E-state index in [2.05, 4.69) is 10.3 Å². The van der Waals surface area contributed by atoms with E-state index in [-0.39, 0.29) is 24.7 Å². The maximum absolute atomic E-state index is 13.2. The average Bonchev–Trinajstić information content (AvgIpc) is 3.01. The smallest absolute Gasteiger partial charge is 0.224 e. The number of benzene rings is 2. The van der Waals surface area contributed by atoms with Crippen molar-refractivity contribution in [2.24, 2.45) is 0 Å². The Bertz CT molecular complexity index is 874. The van der Waals surface area contributed by atoms with Gasteiger partial charge in [-0.15, -0.1) is 0 Å². The van der Waals surface area contributed by atoms with Gasteiger partial charge in [0.1, 0.15) is 11.6 Å². The van der Waals surface area contributed by atoms with Crippen LogP contribution in [0.2, 0.25) is 0 Å². The molecule has 130 valence electrons. The Morgan fingerprint density at radius 1 is 1.28 bits per heavy atom. The average molecular weight is 342 g/mol. The maximum Gasteiger partial charge on any atom is 0.224 e. The summed E-state index contributed by atoms with van der Waals surface area (Å²) in [6.07, 6.45) is 1.05. The van der Waals surface area contributed by atoms with E-state index in [4.69, 9.17) is 4.74 Å². The number of carbonyl (C=O) groups excluding carboxylic acids is 1. The zero-order valence-electron chi connectivity index (χ0n) is 13.8. The summed E-state index contributed by atoms with van der Waals surface area (Å²) >= 11 is 0. The topological polar surface area (TPSA) is 74.3 Å². The van der Waals surface area contributed by atoms with Crippen LogP contribution in [0, 0.1) is 5.82 Å². The highest BCUT2D eigenvalue weighted by atomic mass is 19.1. The summed E-state index contributed by atoms with van der Waals surface area (Å²) < 4.78 is 18.3. The van der Waals surface area contributed by atoms with Crippen LogP contribution in [-0.2, 0) is 11.2 Å². The molecule has 0 saturated carbocycles. The number of ether oxygens (including phenoxy) is 1. The highest BCUT2D eigenvalue weighted by Crippen LogP contribution is 2.20. The van der Waals surface area contributed by atoms with Crippen molar-refractivity contribution in [3.05, 3.63) is 65.6 Å². The predicted octanol–water partition coefficient (Wildman–Crippen LogP) is 2.71. The Morgan fingerprint density at radius 2 is 2.04 bits per heavy atom. The second kappa shape index (κ2) is 7.36. The fourth-order valence-electron chi connectivity index (χ4n) is 2.69. The molecule has 3 N–H and O–H groups in total. The van der Waals surface area contributed by atoms with Crippen molar-refractivity contribution in [3.63, 3.8) is 0 Å². The lowest BCUT2D eigenvalue weighted by atomic mass is 10.1. The van der Waals surface area contributed by atoms with E-state index in [9.17, 15) is 14.3 Å². The second-order valence-corrected chi connectivity index (χ2v) is 5.77. The van der Waals surface area contributed by atoms with Gasteiger partial charge in [0.05, 0.1) is 19.6 Å². The number of hydrogen-bond donors (Lipinski definition) is 3. The molecule has 1 atom stereocenters. The number of aliphatic hydroxyl groups excluding tert-OH is 1. The van der Waals surface area contributed by atoms with E-state index < -0.39 is 6.10 Å². The third-order valence-electron chi connectivity index (χ3n) is 4.07. The zero-order valence-corrected chi connectivity index (χ0v) is 13.8. The molecule has 1 amide bonds. The van der Waals surface area contributed by atoms with Gasteiger partial charge in [-0.2, -0.15) is 0 Å². The van der Waals surface area contributed by atoms with Gasteiger partial charge in [0.25, 0.3) is 0 Å². The molecule has 0 spiro atoms. The number of amides is 1. The Kier molecular flexibility index (Phi) is 5.00. The van der Waals surface area contributed by atoms with Gasteiger partial charge >= 0.3 is 0 Å². The third-order valence-corrected chi connectivity index (χ3v) is 4.07. The maximum atomic E-state index is 13.2. The number of rotatable bonds is 6. The van der Waals surface area contributed by atoms with Crippen molar-refractivity contribution in [2.45, 2.75) is 12.5 Å². The molecular weight excluding hydrogens is 323 g/mol. The van der Waals surface area contributed by atoms with E-state index in [0.29, 0.717) is 16.8 Å². The van der Waals surface area contributed by atoms with Crippen LogP contribution >= 0.6 is 0 Å². The fraction of sp³-hybridized carbons (Fsp3) is 0.211. The van der Waals surface area contributed by atoms with Crippen LogP contribution in [0.3, 0.4) is 0 Å². The van der Waals surface area contributed by atoms with Crippen molar-refractivity contribution < 1.29 is 19.0 Å². The molecule has 1 heterocycles. The van der Waals surface area contributed by atoms with Crippen molar-refractivity contribution >= 4 is 16.8 Å². The first kappa shape index (κ1) is 17.0. The molecule has 5 nitrogen and oxygen atoms in total. The van der Waals surface area contributed by atoms with Crippen LogP contribution in [0.25, 0.3) is 10.9 Å². The summed E-state index contributed by atoms with van der Waals surface area (Å²) in [5.74, 6) is 0.168. The van der Waals surface area contributed by atoms with Gasteiger partial charge in [0.15, 0.2) is 0 Å². The van der Waals surface area contributed by atoms with E-state index in [1.807, 2.05) is 0 Å². The van der Waals surface area contributed by atoms with Crippen LogP contribution in [0.15, 0.2) is 48.7 Å². The molecule has 0 aliphatic heterocycles. The molecule has 0 aliphatic carbocycles. The van der Waals surface area contributed by atoms with E-state index >= 15 is 0 Å². The van der Waals surface area contributed by atoms with E-state index in [0.717, 1.165) is 10.9 Å². The second-order valence-electron chi connectivity index (χ2n) is 5.77. The monoisotopic (exact) mass is 342 g/mol. The lowest BCUT2D eigenvalue weighted by molar-refractivity contribution is -0.120. The van der Waals surface area contributed by atoms with Gasteiger partial charge < -0.3 is 20.1 Å². The van der Waals surface area contributed by atoms with Crippen molar-refractivity contribution in [2.75, 3.05) is 13.7 Å². The molecule has 2 aromatic carbocycles. The standard InChI is InChI=1S/C19H19FN2O3/c1-25-15-5-2-12(3-6-15)18(23)11-22-19(24)8-13-10-21-17-9-14(20)4-7-16(13)17/h2-7,9-10,18,21,23H,8,11H2,1H3,(H,22,24). The minimum absolute atomic E-state index is 0.113. The molecule has 3 rings (SSSR count). The minimum Gasteiger partial charge on any atom is -0.497 e. The molecule has 0 aliphatic rings. The van der Waals surface area contributed by atoms with Crippen LogP contribution < -0.4 is 10.1 Å². The normalized spacial score (nSPS) is 12.1. The molecule has 0 radical (unpaired) electrons. The molecule has 6 heteroatoms. The molecule has 1 aromatic heterocycles. The largest absolute Gasteiger partial charge is 0.497 e. The van der Waals surface area contributed by atoms with Gasteiger partial charge in [-0.3, -0.25) is 4.79 Å². The van der Waals surface area contributed by atoms with E-state index in [1.54, 1.807) is 43.6 Å². The highest BCUT2D eigenvalue weighted by molar-refractivity contribution is 5.88. The lowest BCUT2D eigenvalue weighted by Gasteiger charge is -2.12. The molecule has 25 heavy (non-hydrogen) atoms. The Hall–Kier alpha value is -2.86. The van der Waals surface area contributed by atoms with Crippen LogP contribution in [0.4, 0.5) is 4.39 Å². The molecular formula is C19H19FN2O3. The molecule has 1 unspecified atom stereocenters. The quantitative estimate of drug-likeness (QED) is 0.645. The first-order valence-electron chi connectivity index (χ1n) is 7.91. The lowest BCUT2D eigenvalue weighted by Crippen LogP contribution is -2.29. The molecule has 3 aromatic rings. The van der Waals surface area contributed by atoms with Gasteiger partial charge in [0, 0.05) is 23.6 Å². The van der Waals surface area contributed by atoms with Gasteiger partial charge in [-0.1, -0.05) is 12.1 Å². The fourth-order valence-corrected chi connectivity index (χ4v) is 2.69. The van der Waals surface area contributed by atoms with Gasteiger partial charge in [0.2, 0.25) is 5.91 Å². The Balaban J connectivity index is 1.58. The number of hydrogen-bond acceptors (Lipinski definition) is 3. The highest BCUT2D eigenvalue weighted by Gasteiger charge is 2.12. The molecule has 0 bridgehead atoms. The number of fused-ring (bicyclic) bond motifs is 1. The predicted molar refractivity (Wildman–Crippen MR) is 92.9 cm³/mol. The summed E-state index contributed by atoms with van der Waals surface area (Å²) in [4.78, 5) is 15.1. The molecule has 0 saturated heterocycles. The Labute approximate surface area is 144 Å². The summed E-state index contributed by atoms with van der Waals surface area (Å²) in [7, 11) is 1.57. The van der Waals surface area contributed by atoms with Crippen molar-refractivity contribution in [3.8, 4) is 5.75 Å². The van der Waals surface area contributed by atoms with E-state index in [1.165, 1.54) is 12.1 Å². The first-order valence-corrected chi connectivity index (χ1v) is 7.91. The summed E-state index contributed by atoms with van der Waals surface area (Å²) in [6.45, 7) is 0.113. The number of nitrogens with one attached hydrogen (secondary N) is 2. The number of halogens is 1. The van der Waals surface area contributed by atoms with Gasteiger partial charge in [-0.05, 0) is 41.5 Å². The van der Waals surface area contributed by atoms with Crippen molar-refractivity contribution in [1.29, 1.82) is 0 Å². The number of aromatic nitrogens is 1. The van der Waals surface area contributed by atoms with Crippen LogP contribution in [0.5, 0.6) is 5.75 Å². The summed E-state index contributed by atoms with van der Waals surface area (Å²) in [5, 5.41) is 13.7. The van der Waals surface area contributed by atoms with Crippen molar-refractivity contribution in [1.82, 2.24) is 10.3 Å². The number of methoxy groups -OCH3 is 1. The molecule has 0 fully saturated rings. The summed E-state index contributed by atoms with van der Waals surface area (Å²) in [5.41, 5.74) is 2.14. The summed E-state index contributed by atoms with van der Waals surface area (Å²) in [6, 6.07) is 11.4. The SMILES string of the molecule is COc1ccc(C(O)CNC(=O)Cc2c[nH]c3cc(F)ccc23)cc1. The third kappa shape index (κ3) is 3.97. The number of H-pyrrole nitrogens is 1. The minimum atomic E-state index is -0.799. The number of aliphatic hydroxyl groups is 1. The van der Waals surface area contributed by atoms with Gasteiger partial charge in [-0.25, -0.2) is 4.39 Å². The van der Waals surface area contributed by atoms with Crippen LogP contribution in [0.1, 0.15) is 17.2 Å². The Morgan fingerprint density at radius 3 is 2.76 bits per heavy atom. The first-order chi connectivity index (χ1) is 12.1. The number of carbonyl (C=O) groups is 1. The number of aromatic amines is 1. The van der Waals surface area contributed by atoms with Crippen LogP contribution in [-0.4, -0.2) is 29.7 Å². The zero-order chi connectivity index (χ0) is 17.8.